The van der Waals surface area contributed by atoms with Crippen LogP contribution in [0.15, 0.2) is 12.3 Å². The van der Waals surface area contributed by atoms with E-state index in [4.69, 9.17) is 17.3 Å². The zero-order valence-electron chi connectivity index (χ0n) is 10.8. The van der Waals surface area contributed by atoms with E-state index in [1.54, 1.807) is 6.20 Å². The number of allylic oxidation sites excluding steroid dienone is 1. The van der Waals surface area contributed by atoms with Gasteiger partial charge in [-0.25, -0.2) is 0 Å². The first-order chi connectivity index (χ1) is 8.06. The Bertz CT molecular complexity index is 382. The first kappa shape index (κ1) is 14.2. The van der Waals surface area contributed by atoms with Crippen molar-refractivity contribution >= 4 is 17.2 Å². The summed E-state index contributed by atoms with van der Waals surface area (Å²) in [4.78, 5) is 2.12. The summed E-state index contributed by atoms with van der Waals surface area (Å²) in [7, 11) is 4.09. The van der Waals surface area contributed by atoms with Gasteiger partial charge in [0.15, 0.2) is 0 Å². The molecule has 4 nitrogen and oxygen atoms in total. The molecule has 0 radical (unpaired) electrons. The molecule has 0 fully saturated rings. The highest BCUT2D eigenvalue weighted by atomic mass is 35.5. The van der Waals surface area contributed by atoms with E-state index in [2.05, 4.69) is 16.1 Å². The van der Waals surface area contributed by atoms with Gasteiger partial charge in [-0.05, 0) is 39.6 Å². The van der Waals surface area contributed by atoms with Crippen LogP contribution < -0.4 is 5.73 Å². The molecule has 1 aromatic heterocycles. The van der Waals surface area contributed by atoms with E-state index >= 15 is 0 Å². The molecule has 0 unspecified atom stereocenters. The molecule has 0 aromatic carbocycles. The van der Waals surface area contributed by atoms with E-state index in [1.807, 2.05) is 25.7 Å². The minimum atomic E-state index is 0.654. The van der Waals surface area contributed by atoms with E-state index < -0.39 is 0 Å². The number of hydrogen-bond donors (Lipinski definition) is 1. The van der Waals surface area contributed by atoms with Crippen molar-refractivity contribution in [2.75, 3.05) is 27.2 Å². The Kier molecular flexibility index (Phi) is 5.68. The van der Waals surface area contributed by atoms with Crippen molar-refractivity contribution in [3.05, 3.63) is 23.0 Å². The molecule has 0 amide bonds. The van der Waals surface area contributed by atoms with Gasteiger partial charge in [0.1, 0.15) is 0 Å². The van der Waals surface area contributed by atoms with Crippen LogP contribution in [0.2, 0.25) is 5.02 Å². The molecule has 1 aromatic rings. The second-order valence-corrected chi connectivity index (χ2v) is 4.74. The first-order valence-corrected chi connectivity index (χ1v) is 6.17. The third-order valence-electron chi connectivity index (χ3n) is 2.54. The van der Waals surface area contributed by atoms with Crippen LogP contribution in [-0.2, 0) is 6.54 Å². The zero-order chi connectivity index (χ0) is 12.8. The molecular weight excluding hydrogens is 236 g/mol. The molecule has 1 rings (SSSR count). The predicted octanol–water partition coefficient (Wildman–Crippen LogP) is 1.85. The molecule has 2 N–H and O–H groups in total. The average Bonchev–Trinajstić information content (AvgIpc) is 2.64. The van der Waals surface area contributed by atoms with Crippen molar-refractivity contribution in [1.82, 2.24) is 14.7 Å². The van der Waals surface area contributed by atoms with Crippen LogP contribution in [0.1, 0.15) is 19.0 Å². The Hall–Kier alpha value is -0.840. The van der Waals surface area contributed by atoms with Gasteiger partial charge in [0.2, 0.25) is 0 Å². The monoisotopic (exact) mass is 256 g/mol. The van der Waals surface area contributed by atoms with Gasteiger partial charge in [-0.3, -0.25) is 4.68 Å². The van der Waals surface area contributed by atoms with Gasteiger partial charge in [0.05, 0.1) is 23.5 Å². The number of likely N-dealkylation sites (N-methyl/N-ethyl adjacent to an activating group) is 1. The van der Waals surface area contributed by atoms with E-state index in [9.17, 15) is 0 Å². The third kappa shape index (κ3) is 4.15. The molecule has 0 aliphatic rings. The number of rotatable bonds is 6. The van der Waals surface area contributed by atoms with E-state index in [0.717, 1.165) is 30.8 Å². The van der Waals surface area contributed by atoms with Crippen LogP contribution >= 0.6 is 11.6 Å². The van der Waals surface area contributed by atoms with Crippen molar-refractivity contribution < 1.29 is 0 Å². The van der Waals surface area contributed by atoms with Crippen LogP contribution in [0.4, 0.5) is 0 Å². The smallest absolute Gasteiger partial charge is 0.0862 e. The first-order valence-electron chi connectivity index (χ1n) is 5.79. The lowest BCUT2D eigenvalue weighted by Crippen LogP contribution is -2.20. The standard InChI is InChI=1S/C12H21ClN4/c1-10(5-4-6-14)12-11(13)9-15-17(12)8-7-16(2)3/h5,9H,4,6-8,14H2,1-3H3. The summed E-state index contributed by atoms with van der Waals surface area (Å²) in [6.45, 7) is 4.48. The lowest BCUT2D eigenvalue weighted by molar-refractivity contribution is 0.372. The van der Waals surface area contributed by atoms with Crippen molar-refractivity contribution in [1.29, 1.82) is 0 Å². The highest BCUT2D eigenvalue weighted by Crippen LogP contribution is 2.23. The van der Waals surface area contributed by atoms with Gasteiger partial charge in [-0.1, -0.05) is 17.7 Å². The Morgan fingerprint density at radius 2 is 2.29 bits per heavy atom. The predicted molar refractivity (Wildman–Crippen MR) is 73.1 cm³/mol. The minimum absolute atomic E-state index is 0.654. The normalized spacial score (nSPS) is 12.5. The SMILES string of the molecule is CC(=CCCN)c1c(Cl)cnn1CCN(C)C. The van der Waals surface area contributed by atoms with E-state index in [1.165, 1.54) is 0 Å². The molecule has 0 aliphatic heterocycles. The molecule has 5 heteroatoms. The molecule has 96 valence electrons. The van der Waals surface area contributed by atoms with Crippen LogP contribution in [0.3, 0.4) is 0 Å². The van der Waals surface area contributed by atoms with Gasteiger partial charge in [0.25, 0.3) is 0 Å². The van der Waals surface area contributed by atoms with E-state index in [-0.39, 0.29) is 0 Å². The summed E-state index contributed by atoms with van der Waals surface area (Å²) in [6, 6.07) is 0. The Balaban J connectivity index is 2.86. The lowest BCUT2D eigenvalue weighted by Gasteiger charge is -2.12. The summed E-state index contributed by atoms with van der Waals surface area (Å²) in [5.41, 5.74) is 7.64. The maximum Gasteiger partial charge on any atom is 0.0862 e. The fourth-order valence-electron chi connectivity index (χ4n) is 1.62. The maximum absolute atomic E-state index is 6.17. The molecule has 17 heavy (non-hydrogen) atoms. The molecule has 0 atom stereocenters. The minimum Gasteiger partial charge on any atom is -0.330 e. The highest BCUT2D eigenvalue weighted by molar-refractivity contribution is 6.32. The number of nitrogens with two attached hydrogens (primary N) is 1. The molecule has 1 heterocycles. The van der Waals surface area contributed by atoms with Gasteiger partial charge in [-0.2, -0.15) is 5.10 Å². The quantitative estimate of drug-likeness (QED) is 0.845. The van der Waals surface area contributed by atoms with Crippen LogP contribution in [-0.4, -0.2) is 41.9 Å². The van der Waals surface area contributed by atoms with Gasteiger partial charge in [-0.15, -0.1) is 0 Å². The van der Waals surface area contributed by atoms with Crippen LogP contribution in [0, 0.1) is 0 Å². The lowest BCUT2D eigenvalue weighted by atomic mass is 10.2. The summed E-state index contributed by atoms with van der Waals surface area (Å²) >= 11 is 6.17. The number of aromatic nitrogens is 2. The summed E-state index contributed by atoms with van der Waals surface area (Å²) < 4.78 is 1.95. The molecule has 0 spiro atoms. The summed E-state index contributed by atoms with van der Waals surface area (Å²) in [5, 5.41) is 5.01. The van der Waals surface area contributed by atoms with Gasteiger partial charge >= 0.3 is 0 Å². The zero-order valence-corrected chi connectivity index (χ0v) is 11.5. The summed E-state index contributed by atoms with van der Waals surface area (Å²) in [6.07, 6.45) is 4.67. The van der Waals surface area contributed by atoms with Crippen molar-refractivity contribution in [2.45, 2.75) is 19.9 Å². The van der Waals surface area contributed by atoms with E-state index in [0.29, 0.717) is 11.6 Å². The van der Waals surface area contributed by atoms with Gasteiger partial charge in [0, 0.05) is 6.54 Å². The topological polar surface area (TPSA) is 47.1 Å². The molecule has 0 aliphatic carbocycles. The second-order valence-electron chi connectivity index (χ2n) is 4.33. The highest BCUT2D eigenvalue weighted by Gasteiger charge is 2.10. The van der Waals surface area contributed by atoms with Crippen molar-refractivity contribution in [2.24, 2.45) is 5.73 Å². The summed E-state index contributed by atoms with van der Waals surface area (Å²) in [5.74, 6) is 0. The van der Waals surface area contributed by atoms with Crippen molar-refractivity contribution in [3.8, 4) is 0 Å². The van der Waals surface area contributed by atoms with Gasteiger partial charge < -0.3 is 10.6 Å². The molecule has 0 saturated heterocycles. The fraction of sp³-hybridized carbons (Fsp3) is 0.583. The Labute approximate surface area is 108 Å². The number of hydrogen-bond acceptors (Lipinski definition) is 3. The largest absolute Gasteiger partial charge is 0.330 e. The maximum atomic E-state index is 6.17. The number of nitrogens with zero attached hydrogens (tertiary/aromatic N) is 3. The molecular formula is C12H21ClN4. The van der Waals surface area contributed by atoms with Crippen LogP contribution in [0.25, 0.3) is 5.57 Å². The Morgan fingerprint density at radius 1 is 1.59 bits per heavy atom. The third-order valence-corrected chi connectivity index (χ3v) is 2.82. The second kappa shape index (κ2) is 6.79. The van der Waals surface area contributed by atoms with Crippen LogP contribution in [0.5, 0.6) is 0 Å². The average molecular weight is 257 g/mol. The molecule has 0 saturated carbocycles. The Morgan fingerprint density at radius 3 is 2.88 bits per heavy atom. The van der Waals surface area contributed by atoms with Crippen molar-refractivity contribution in [3.63, 3.8) is 0 Å². The molecule has 0 bridgehead atoms. The number of halogens is 1. The fourth-order valence-corrected chi connectivity index (χ4v) is 1.91.